The first kappa shape index (κ1) is 16.1. The lowest BCUT2D eigenvalue weighted by atomic mass is 10.1. The van der Waals surface area contributed by atoms with E-state index in [9.17, 15) is 9.59 Å². The fraction of sp³-hybridized carbons (Fsp3) is 0.833. The lowest BCUT2D eigenvalue weighted by Crippen LogP contribution is -2.58. The lowest BCUT2D eigenvalue weighted by Gasteiger charge is -2.39. The Morgan fingerprint density at radius 3 is 2.68 bits per heavy atom. The van der Waals surface area contributed by atoms with Crippen LogP contribution in [0.15, 0.2) is 0 Å². The predicted molar refractivity (Wildman–Crippen MR) is 78.2 cm³/mol. The molecule has 2 unspecified atom stereocenters. The topological polar surface area (TPSA) is 78.7 Å². The summed E-state index contributed by atoms with van der Waals surface area (Å²) in [6.07, 6.45) is 2.59. The van der Waals surface area contributed by atoms with E-state index < -0.39 is 12.1 Å². The number of nitrogens with two attached hydrogens (primary N) is 1. The van der Waals surface area contributed by atoms with E-state index in [0.29, 0.717) is 13.0 Å². The van der Waals surface area contributed by atoms with Gasteiger partial charge in [0, 0.05) is 25.7 Å². The van der Waals surface area contributed by atoms with Crippen molar-refractivity contribution >= 4 is 23.7 Å². The third kappa shape index (κ3) is 4.91. The molecule has 0 radical (unpaired) electrons. The van der Waals surface area contributed by atoms with Crippen LogP contribution in [0.3, 0.4) is 0 Å². The summed E-state index contributed by atoms with van der Waals surface area (Å²) in [7, 11) is 2.05. The maximum Gasteiger partial charge on any atom is 0.312 e. The van der Waals surface area contributed by atoms with Gasteiger partial charge in [-0.05, 0) is 32.4 Å². The van der Waals surface area contributed by atoms with E-state index in [4.69, 9.17) is 5.73 Å². The van der Waals surface area contributed by atoms with Crippen LogP contribution in [0.1, 0.15) is 13.3 Å². The van der Waals surface area contributed by atoms with E-state index in [1.54, 1.807) is 11.8 Å². The predicted octanol–water partition coefficient (Wildman–Crippen LogP) is -0.0611. The number of hydrogen-bond acceptors (Lipinski definition) is 4. The summed E-state index contributed by atoms with van der Waals surface area (Å²) in [5.74, 6) is 0.798. The summed E-state index contributed by atoms with van der Waals surface area (Å²) in [5.41, 5.74) is 5.15. The Hall–Kier alpha value is -0.950. The van der Waals surface area contributed by atoms with E-state index in [1.807, 2.05) is 25.1 Å². The van der Waals surface area contributed by atoms with Crippen LogP contribution in [0.2, 0.25) is 0 Å². The van der Waals surface area contributed by atoms with Gasteiger partial charge in [-0.3, -0.25) is 4.79 Å². The van der Waals surface area contributed by atoms with Crippen LogP contribution in [0, 0.1) is 0 Å². The second-order valence-electron chi connectivity index (χ2n) is 4.99. The van der Waals surface area contributed by atoms with Crippen LogP contribution in [0.25, 0.3) is 0 Å². The van der Waals surface area contributed by atoms with Gasteiger partial charge in [0.1, 0.15) is 6.04 Å². The molecule has 0 aromatic rings. The molecule has 0 spiro atoms. The molecule has 6 nitrogen and oxygen atoms in total. The van der Waals surface area contributed by atoms with Crippen molar-refractivity contribution in [1.82, 2.24) is 15.1 Å². The van der Waals surface area contributed by atoms with Crippen molar-refractivity contribution in [3.05, 3.63) is 0 Å². The highest BCUT2D eigenvalue weighted by atomic mass is 32.2. The molecular weight excluding hydrogens is 264 g/mol. The van der Waals surface area contributed by atoms with Crippen molar-refractivity contribution in [2.24, 2.45) is 5.73 Å². The zero-order valence-electron chi connectivity index (χ0n) is 11.9. The number of urea groups is 1. The Morgan fingerprint density at radius 1 is 1.47 bits per heavy atom. The monoisotopic (exact) mass is 288 g/mol. The summed E-state index contributed by atoms with van der Waals surface area (Å²) in [6.45, 7) is 4.45. The van der Waals surface area contributed by atoms with E-state index in [2.05, 4.69) is 10.2 Å². The van der Waals surface area contributed by atoms with Crippen molar-refractivity contribution < 1.29 is 9.59 Å². The maximum atomic E-state index is 12.5. The minimum absolute atomic E-state index is 0.0200. The van der Waals surface area contributed by atoms with Crippen molar-refractivity contribution in [1.29, 1.82) is 0 Å². The summed E-state index contributed by atoms with van der Waals surface area (Å²) in [6, 6.07) is -0.977. The first-order chi connectivity index (χ1) is 8.95. The van der Waals surface area contributed by atoms with Crippen molar-refractivity contribution in [3.63, 3.8) is 0 Å². The van der Waals surface area contributed by atoms with Gasteiger partial charge in [0.25, 0.3) is 0 Å². The minimum atomic E-state index is -0.638. The number of carbonyl (C=O) groups is 2. The molecule has 1 rings (SSSR count). The molecule has 1 saturated heterocycles. The fourth-order valence-electron chi connectivity index (χ4n) is 2.33. The Bertz CT molecular complexity index is 327. The average molecular weight is 288 g/mol. The Balaban J connectivity index is 2.66. The number of primary amides is 1. The zero-order valence-corrected chi connectivity index (χ0v) is 12.7. The molecule has 1 aliphatic heterocycles. The molecule has 0 aliphatic carbocycles. The third-order valence-corrected chi connectivity index (χ3v) is 3.98. The largest absolute Gasteiger partial charge is 0.352 e. The molecule has 7 heteroatoms. The number of piperazine rings is 1. The Morgan fingerprint density at radius 2 is 2.16 bits per heavy atom. The summed E-state index contributed by atoms with van der Waals surface area (Å²) in [4.78, 5) is 27.6. The number of thioether (sulfide) groups is 1. The molecule has 19 heavy (non-hydrogen) atoms. The van der Waals surface area contributed by atoms with Gasteiger partial charge < -0.3 is 20.9 Å². The molecule has 110 valence electrons. The van der Waals surface area contributed by atoms with Crippen molar-refractivity contribution in [2.45, 2.75) is 25.4 Å². The number of amides is 3. The molecule has 2 atom stereocenters. The van der Waals surface area contributed by atoms with Crippen LogP contribution >= 0.6 is 11.8 Å². The number of nitrogens with one attached hydrogen (secondary N) is 1. The smallest absolute Gasteiger partial charge is 0.312 e. The van der Waals surface area contributed by atoms with Gasteiger partial charge in [0.2, 0.25) is 5.91 Å². The second-order valence-corrected chi connectivity index (χ2v) is 5.97. The van der Waals surface area contributed by atoms with Gasteiger partial charge in [-0.15, -0.1) is 0 Å². The third-order valence-electron chi connectivity index (χ3n) is 3.34. The number of hydrogen-bond donors (Lipinski definition) is 2. The normalized spacial score (nSPS) is 22.1. The van der Waals surface area contributed by atoms with Crippen LogP contribution < -0.4 is 11.1 Å². The van der Waals surface area contributed by atoms with E-state index in [-0.39, 0.29) is 11.9 Å². The van der Waals surface area contributed by atoms with Crippen LogP contribution in [-0.2, 0) is 4.79 Å². The zero-order chi connectivity index (χ0) is 14.4. The summed E-state index contributed by atoms with van der Waals surface area (Å²) in [5, 5.41) is 2.56. The molecule has 0 aromatic carbocycles. The summed E-state index contributed by atoms with van der Waals surface area (Å²) < 4.78 is 0. The molecular formula is C12H24N4O2S. The Labute approximate surface area is 119 Å². The van der Waals surface area contributed by atoms with E-state index in [0.717, 1.165) is 18.8 Å². The number of nitrogens with zero attached hydrogens (tertiary/aromatic N) is 2. The fourth-order valence-corrected chi connectivity index (χ4v) is 2.80. The highest BCUT2D eigenvalue weighted by Gasteiger charge is 2.31. The first-order valence-corrected chi connectivity index (χ1v) is 7.89. The molecule has 3 N–H and O–H groups in total. The van der Waals surface area contributed by atoms with E-state index in [1.165, 1.54) is 0 Å². The molecule has 0 saturated carbocycles. The van der Waals surface area contributed by atoms with Gasteiger partial charge in [0.05, 0.1) is 0 Å². The average Bonchev–Trinajstić information content (AvgIpc) is 2.33. The summed E-state index contributed by atoms with van der Waals surface area (Å²) >= 11 is 1.65. The standard InChI is InChI=1S/C12H24N4O2S/c1-9-8-15(2)5-6-16(9)11(17)10(4-7-19-3)14-12(13)18/h9-10H,4-8H2,1-3H3,(H3,13,14,18). The van der Waals surface area contributed by atoms with Gasteiger partial charge in [0.15, 0.2) is 0 Å². The SMILES string of the molecule is CSCCC(NC(N)=O)C(=O)N1CCN(C)CC1C. The number of rotatable bonds is 5. The highest BCUT2D eigenvalue weighted by Crippen LogP contribution is 2.12. The van der Waals surface area contributed by atoms with Crippen molar-refractivity contribution in [2.75, 3.05) is 38.7 Å². The van der Waals surface area contributed by atoms with Gasteiger partial charge >= 0.3 is 6.03 Å². The van der Waals surface area contributed by atoms with Gasteiger partial charge in [-0.25, -0.2) is 4.79 Å². The molecule has 1 aliphatic rings. The maximum absolute atomic E-state index is 12.5. The minimum Gasteiger partial charge on any atom is -0.352 e. The lowest BCUT2D eigenvalue weighted by molar-refractivity contribution is -0.137. The van der Waals surface area contributed by atoms with Crippen LogP contribution in [-0.4, -0.2) is 72.5 Å². The quantitative estimate of drug-likeness (QED) is 0.743. The first-order valence-electron chi connectivity index (χ1n) is 6.49. The van der Waals surface area contributed by atoms with E-state index >= 15 is 0 Å². The number of carbonyl (C=O) groups excluding carboxylic acids is 2. The van der Waals surface area contributed by atoms with Crippen LogP contribution in [0.4, 0.5) is 4.79 Å². The van der Waals surface area contributed by atoms with Gasteiger partial charge in [-0.1, -0.05) is 0 Å². The molecule has 1 heterocycles. The van der Waals surface area contributed by atoms with Crippen LogP contribution in [0.5, 0.6) is 0 Å². The molecule has 1 fully saturated rings. The second kappa shape index (κ2) is 7.59. The molecule has 3 amide bonds. The Kier molecular flexibility index (Phi) is 6.44. The highest BCUT2D eigenvalue weighted by molar-refractivity contribution is 7.98. The number of likely N-dealkylation sites (N-methyl/N-ethyl adjacent to an activating group) is 1. The van der Waals surface area contributed by atoms with Crippen molar-refractivity contribution in [3.8, 4) is 0 Å². The van der Waals surface area contributed by atoms with Gasteiger partial charge in [-0.2, -0.15) is 11.8 Å². The molecule has 0 bridgehead atoms. The molecule has 0 aromatic heterocycles.